The number of rotatable bonds is 3. The molecule has 1 aromatic heterocycles. The van der Waals surface area contributed by atoms with E-state index in [2.05, 4.69) is 5.10 Å². The van der Waals surface area contributed by atoms with E-state index >= 15 is 0 Å². The molecule has 0 unspecified atom stereocenters. The van der Waals surface area contributed by atoms with Crippen molar-refractivity contribution < 1.29 is 18.0 Å². The summed E-state index contributed by atoms with van der Waals surface area (Å²) in [5.41, 5.74) is 3.22. The molecule has 0 atom stereocenters. The molecule has 1 aliphatic heterocycles. The normalized spacial score (nSPS) is 17.1. The van der Waals surface area contributed by atoms with Gasteiger partial charge in [-0.05, 0) is 73.2 Å². The highest BCUT2D eigenvalue weighted by atomic mass is 35.5. The van der Waals surface area contributed by atoms with Gasteiger partial charge < -0.3 is 4.90 Å². The zero-order valence-electron chi connectivity index (χ0n) is 17.7. The summed E-state index contributed by atoms with van der Waals surface area (Å²) in [7, 11) is 0. The number of hydrogen-bond acceptors (Lipinski definition) is 2. The highest BCUT2D eigenvalue weighted by molar-refractivity contribution is 6.30. The van der Waals surface area contributed by atoms with Gasteiger partial charge in [0, 0.05) is 23.7 Å². The van der Waals surface area contributed by atoms with E-state index in [0.717, 1.165) is 41.7 Å². The lowest BCUT2D eigenvalue weighted by atomic mass is 10.1. The van der Waals surface area contributed by atoms with Crippen LogP contribution in [0.5, 0.6) is 0 Å². The van der Waals surface area contributed by atoms with Crippen molar-refractivity contribution in [1.82, 2.24) is 14.7 Å². The van der Waals surface area contributed by atoms with Gasteiger partial charge in [0.2, 0.25) is 0 Å². The number of benzene rings is 2. The van der Waals surface area contributed by atoms with Crippen molar-refractivity contribution >= 4 is 29.2 Å². The Balaban J connectivity index is 1.65. The standard InChI is InChI=1S/C25H21ClF3N3O/c26-19-9-6-16(7-10-19)14-17-8-11-21-22(24(33)31-12-1-2-13-31)30-32(23(17)21)20-5-3-4-18(15-20)25(27,28)29/h3-7,9-10,14-15H,1-2,8,11-13H2/b17-14+. The average Bonchev–Trinajstić information content (AvgIpc) is 3.53. The minimum absolute atomic E-state index is 0.151. The first kappa shape index (κ1) is 21.8. The number of fused-ring (bicyclic) bond motifs is 1. The Morgan fingerprint density at radius 3 is 2.45 bits per heavy atom. The molecule has 0 bridgehead atoms. The van der Waals surface area contributed by atoms with Gasteiger partial charge in [0.1, 0.15) is 0 Å². The first-order valence-electron chi connectivity index (χ1n) is 10.9. The summed E-state index contributed by atoms with van der Waals surface area (Å²) in [6, 6.07) is 12.4. The van der Waals surface area contributed by atoms with Crippen LogP contribution in [0.15, 0.2) is 48.5 Å². The maximum atomic E-state index is 13.4. The monoisotopic (exact) mass is 471 g/mol. The summed E-state index contributed by atoms with van der Waals surface area (Å²) >= 11 is 6.00. The minimum Gasteiger partial charge on any atom is -0.337 e. The molecular weight excluding hydrogens is 451 g/mol. The number of hydrogen-bond donors (Lipinski definition) is 0. The summed E-state index contributed by atoms with van der Waals surface area (Å²) in [5, 5.41) is 5.19. The first-order chi connectivity index (χ1) is 15.8. The molecule has 33 heavy (non-hydrogen) atoms. The van der Waals surface area contributed by atoms with Crippen molar-refractivity contribution in [2.75, 3.05) is 13.1 Å². The van der Waals surface area contributed by atoms with Crippen molar-refractivity contribution in [2.45, 2.75) is 31.9 Å². The average molecular weight is 472 g/mol. The molecule has 0 radical (unpaired) electrons. The molecule has 2 heterocycles. The summed E-state index contributed by atoms with van der Waals surface area (Å²) in [6.45, 7) is 1.36. The van der Waals surface area contributed by atoms with Gasteiger partial charge in [-0.15, -0.1) is 0 Å². The quantitative estimate of drug-likeness (QED) is 0.451. The number of nitrogens with zero attached hydrogens (tertiary/aromatic N) is 3. The van der Waals surface area contributed by atoms with Crippen LogP contribution >= 0.6 is 11.6 Å². The van der Waals surface area contributed by atoms with Crippen molar-refractivity contribution in [3.05, 3.63) is 81.6 Å². The fraction of sp³-hybridized carbons (Fsp3) is 0.280. The fourth-order valence-corrected chi connectivity index (χ4v) is 4.66. The topological polar surface area (TPSA) is 38.1 Å². The molecule has 170 valence electrons. The van der Waals surface area contributed by atoms with E-state index in [1.54, 1.807) is 23.1 Å². The molecule has 1 aliphatic carbocycles. The van der Waals surface area contributed by atoms with Gasteiger partial charge in [-0.1, -0.05) is 29.8 Å². The van der Waals surface area contributed by atoms with Crippen LogP contribution in [0.25, 0.3) is 17.3 Å². The van der Waals surface area contributed by atoms with Gasteiger partial charge in [-0.3, -0.25) is 4.79 Å². The smallest absolute Gasteiger partial charge is 0.337 e. The number of carbonyl (C=O) groups excluding carboxylic acids is 1. The third-order valence-electron chi connectivity index (χ3n) is 6.16. The van der Waals surface area contributed by atoms with E-state index in [-0.39, 0.29) is 11.6 Å². The molecule has 1 amide bonds. The number of amides is 1. The largest absolute Gasteiger partial charge is 0.416 e. The number of aromatic nitrogens is 2. The molecule has 0 saturated carbocycles. The number of halogens is 4. The second kappa shape index (κ2) is 8.37. The van der Waals surface area contributed by atoms with E-state index in [4.69, 9.17) is 11.6 Å². The van der Waals surface area contributed by atoms with Crippen molar-refractivity contribution in [2.24, 2.45) is 0 Å². The molecule has 2 aromatic carbocycles. The van der Waals surface area contributed by atoms with Crippen LogP contribution in [-0.4, -0.2) is 33.7 Å². The molecule has 3 aromatic rings. The molecule has 2 aliphatic rings. The molecule has 0 spiro atoms. The molecule has 1 fully saturated rings. The maximum Gasteiger partial charge on any atom is 0.416 e. The van der Waals surface area contributed by atoms with Crippen LogP contribution in [0.1, 0.15) is 52.1 Å². The minimum atomic E-state index is -4.47. The summed E-state index contributed by atoms with van der Waals surface area (Å²) in [6.07, 6.45) is 0.701. The number of allylic oxidation sites excluding steroid dienone is 1. The van der Waals surface area contributed by atoms with Crippen molar-refractivity contribution in [1.29, 1.82) is 0 Å². The Bertz CT molecular complexity index is 1240. The second-order valence-electron chi connectivity index (χ2n) is 8.36. The molecule has 4 nitrogen and oxygen atoms in total. The van der Waals surface area contributed by atoms with Crippen LogP contribution in [0.3, 0.4) is 0 Å². The Morgan fingerprint density at radius 1 is 1.03 bits per heavy atom. The zero-order valence-corrected chi connectivity index (χ0v) is 18.5. The van der Waals surface area contributed by atoms with Gasteiger partial charge in [0.15, 0.2) is 5.69 Å². The lowest BCUT2D eigenvalue weighted by molar-refractivity contribution is -0.137. The summed E-state index contributed by atoms with van der Waals surface area (Å²) < 4.78 is 41.6. The lowest BCUT2D eigenvalue weighted by Gasteiger charge is -2.14. The summed E-state index contributed by atoms with van der Waals surface area (Å²) in [5.74, 6) is -0.151. The van der Waals surface area contributed by atoms with E-state index in [0.29, 0.717) is 42.3 Å². The SMILES string of the molecule is O=C(c1nn(-c2cccc(C(F)(F)F)c2)c2c1CC/C2=C\c1ccc(Cl)cc1)N1CCCC1. The van der Waals surface area contributed by atoms with Crippen LogP contribution in [0, 0.1) is 0 Å². The molecule has 0 N–H and O–H groups in total. The molecular formula is C25H21ClF3N3O. The Hall–Kier alpha value is -3.06. The lowest BCUT2D eigenvalue weighted by Crippen LogP contribution is -2.28. The Morgan fingerprint density at radius 2 is 1.76 bits per heavy atom. The van der Waals surface area contributed by atoms with Gasteiger partial charge in [0.05, 0.1) is 16.9 Å². The number of alkyl halides is 3. The van der Waals surface area contributed by atoms with E-state index in [9.17, 15) is 18.0 Å². The Labute approximate surface area is 194 Å². The van der Waals surface area contributed by atoms with E-state index in [1.165, 1.54) is 10.7 Å². The van der Waals surface area contributed by atoms with Crippen LogP contribution < -0.4 is 0 Å². The highest BCUT2D eigenvalue weighted by Crippen LogP contribution is 2.39. The van der Waals surface area contributed by atoms with Gasteiger partial charge in [0.25, 0.3) is 5.91 Å². The van der Waals surface area contributed by atoms with Crippen molar-refractivity contribution in [3.63, 3.8) is 0 Å². The van der Waals surface area contributed by atoms with Gasteiger partial charge in [-0.25, -0.2) is 4.68 Å². The predicted octanol–water partition coefficient (Wildman–Crippen LogP) is 6.27. The van der Waals surface area contributed by atoms with E-state index in [1.807, 2.05) is 18.2 Å². The second-order valence-corrected chi connectivity index (χ2v) is 8.79. The van der Waals surface area contributed by atoms with Crippen LogP contribution in [-0.2, 0) is 12.6 Å². The third kappa shape index (κ3) is 4.17. The molecule has 5 rings (SSSR count). The third-order valence-corrected chi connectivity index (χ3v) is 6.41. The maximum absolute atomic E-state index is 13.4. The van der Waals surface area contributed by atoms with Gasteiger partial charge >= 0.3 is 6.18 Å². The number of carbonyl (C=O) groups is 1. The molecule has 1 saturated heterocycles. The van der Waals surface area contributed by atoms with Crippen molar-refractivity contribution in [3.8, 4) is 5.69 Å². The fourth-order valence-electron chi connectivity index (χ4n) is 4.54. The Kier molecular flexibility index (Phi) is 5.52. The van der Waals surface area contributed by atoms with Crippen LogP contribution in [0.2, 0.25) is 5.02 Å². The van der Waals surface area contributed by atoms with Crippen LogP contribution in [0.4, 0.5) is 13.2 Å². The zero-order chi connectivity index (χ0) is 23.2. The molecule has 8 heteroatoms. The highest BCUT2D eigenvalue weighted by Gasteiger charge is 2.34. The predicted molar refractivity (Wildman–Crippen MR) is 121 cm³/mol. The summed E-state index contributed by atoms with van der Waals surface area (Å²) in [4.78, 5) is 15.0. The number of likely N-dealkylation sites (tertiary alicyclic amines) is 1. The van der Waals surface area contributed by atoms with E-state index < -0.39 is 11.7 Å². The first-order valence-corrected chi connectivity index (χ1v) is 11.2. The van der Waals surface area contributed by atoms with Gasteiger partial charge in [-0.2, -0.15) is 18.3 Å².